The molecule has 0 saturated heterocycles. The molecule has 1 aromatic carbocycles. The van der Waals surface area contributed by atoms with Crippen LogP contribution in [-0.2, 0) is 0 Å². The number of hydrogen-bond donors (Lipinski definition) is 0. The van der Waals surface area contributed by atoms with E-state index in [1.807, 2.05) is 37.3 Å². The minimum atomic E-state index is 0. The minimum absolute atomic E-state index is 0. The molecule has 0 aliphatic carbocycles. The SMILES string of the molecule is CC[N]c1ccccc1.[Sb]. The van der Waals surface area contributed by atoms with E-state index in [-0.39, 0.29) is 24.4 Å². The summed E-state index contributed by atoms with van der Waals surface area (Å²) in [7, 11) is 0. The van der Waals surface area contributed by atoms with Gasteiger partial charge in [0.25, 0.3) is 0 Å². The van der Waals surface area contributed by atoms with Gasteiger partial charge >= 0.3 is 0 Å². The number of benzene rings is 1. The predicted molar refractivity (Wildman–Crippen MR) is 44.5 cm³/mol. The first kappa shape index (κ1) is 9.84. The fourth-order valence-electron chi connectivity index (χ4n) is 0.716. The number of para-hydroxylation sites is 1. The van der Waals surface area contributed by atoms with Gasteiger partial charge in [0, 0.05) is 31.0 Å². The van der Waals surface area contributed by atoms with E-state index < -0.39 is 0 Å². The second kappa shape index (κ2) is 5.61. The molecule has 10 heavy (non-hydrogen) atoms. The Bertz CT molecular complexity index is 162. The fourth-order valence-corrected chi connectivity index (χ4v) is 0.716. The summed E-state index contributed by atoms with van der Waals surface area (Å²) in [5.41, 5.74) is 1.07. The molecule has 0 unspecified atom stereocenters. The van der Waals surface area contributed by atoms with E-state index in [1.54, 1.807) is 0 Å². The van der Waals surface area contributed by atoms with Gasteiger partial charge in [-0.25, -0.2) is 0 Å². The van der Waals surface area contributed by atoms with Crippen molar-refractivity contribution in [3.8, 4) is 0 Å². The van der Waals surface area contributed by atoms with Crippen molar-refractivity contribution in [1.29, 1.82) is 0 Å². The molecule has 0 atom stereocenters. The van der Waals surface area contributed by atoms with Gasteiger partial charge in [-0.05, 0) is 19.1 Å². The van der Waals surface area contributed by atoms with E-state index in [0.29, 0.717) is 0 Å². The van der Waals surface area contributed by atoms with Crippen LogP contribution in [0.5, 0.6) is 0 Å². The van der Waals surface area contributed by atoms with Gasteiger partial charge in [-0.15, -0.1) is 0 Å². The van der Waals surface area contributed by atoms with Crippen molar-refractivity contribution >= 4 is 30.1 Å². The van der Waals surface area contributed by atoms with Crippen LogP contribution in [-0.4, -0.2) is 31.0 Å². The van der Waals surface area contributed by atoms with Crippen LogP contribution < -0.4 is 5.32 Å². The summed E-state index contributed by atoms with van der Waals surface area (Å²) in [4.78, 5) is 0. The molecule has 0 aliphatic rings. The van der Waals surface area contributed by atoms with Crippen LogP contribution in [0.4, 0.5) is 5.69 Å². The molecule has 1 aromatic rings. The zero-order valence-electron chi connectivity index (χ0n) is 5.99. The summed E-state index contributed by atoms with van der Waals surface area (Å²) >= 11 is 0. The average Bonchev–Trinajstić information content (AvgIpc) is 1.91. The van der Waals surface area contributed by atoms with Crippen LogP contribution in [0.1, 0.15) is 6.92 Å². The smallest absolute Gasteiger partial charge is 0.0574 e. The molecule has 0 N–H and O–H groups in total. The van der Waals surface area contributed by atoms with E-state index >= 15 is 0 Å². The van der Waals surface area contributed by atoms with E-state index in [2.05, 4.69) is 5.32 Å². The van der Waals surface area contributed by atoms with Crippen molar-refractivity contribution in [2.24, 2.45) is 0 Å². The van der Waals surface area contributed by atoms with Gasteiger partial charge in [0.1, 0.15) is 0 Å². The Morgan fingerprint density at radius 2 is 1.80 bits per heavy atom. The molecule has 1 rings (SSSR count). The van der Waals surface area contributed by atoms with E-state index in [0.717, 1.165) is 12.2 Å². The van der Waals surface area contributed by atoms with Crippen molar-refractivity contribution < 1.29 is 0 Å². The first-order valence-corrected chi connectivity index (χ1v) is 3.16. The van der Waals surface area contributed by atoms with E-state index in [4.69, 9.17) is 0 Å². The third kappa shape index (κ3) is 3.12. The summed E-state index contributed by atoms with van der Waals surface area (Å²) < 4.78 is 0. The van der Waals surface area contributed by atoms with Crippen molar-refractivity contribution in [2.45, 2.75) is 6.92 Å². The quantitative estimate of drug-likeness (QED) is 0.698. The predicted octanol–water partition coefficient (Wildman–Crippen LogP) is 1.56. The Morgan fingerprint density at radius 1 is 1.20 bits per heavy atom. The third-order valence-electron chi connectivity index (χ3n) is 1.10. The Labute approximate surface area is 79.3 Å². The molecule has 0 heterocycles. The molecule has 0 bridgehead atoms. The van der Waals surface area contributed by atoms with Crippen molar-refractivity contribution in [3.05, 3.63) is 30.3 Å². The standard InChI is InChI=1S/C8H10N.Sb/c1-2-9-8-6-4-3-5-7-8;/h3-7H,2H2,1H3;. The molecule has 0 amide bonds. The second-order valence-electron chi connectivity index (χ2n) is 1.81. The summed E-state index contributed by atoms with van der Waals surface area (Å²) in [5, 5.41) is 4.21. The maximum atomic E-state index is 4.21. The van der Waals surface area contributed by atoms with Gasteiger partial charge < -0.3 is 0 Å². The summed E-state index contributed by atoms with van der Waals surface area (Å²) in [6.07, 6.45) is 0. The molecule has 4 radical (unpaired) electrons. The zero-order valence-corrected chi connectivity index (χ0v) is 8.54. The van der Waals surface area contributed by atoms with Crippen LogP contribution in [0.2, 0.25) is 0 Å². The van der Waals surface area contributed by atoms with E-state index in [9.17, 15) is 0 Å². The van der Waals surface area contributed by atoms with Crippen molar-refractivity contribution in [3.63, 3.8) is 0 Å². The average molecular weight is 242 g/mol. The Morgan fingerprint density at radius 3 is 2.30 bits per heavy atom. The topological polar surface area (TPSA) is 14.1 Å². The molecule has 0 aliphatic heterocycles. The first-order chi connectivity index (χ1) is 4.43. The first-order valence-electron chi connectivity index (χ1n) is 3.16. The molecular formula is C8H10NSb. The van der Waals surface area contributed by atoms with Gasteiger partial charge in [0.15, 0.2) is 0 Å². The monoisotopic (exact) mass is 241 g/mol. The van der Waals surface area contributed by atoms with Crippen LogP contribution in [0.3, 0.4) is 0 Å². The maximum absolute atomic E-state index is 4.21. The third-order valence-corrected chi connectivity index (χ3v) is 1.10. The molecule has 2 heteroatoms. The molecule has 0 saturated carbocycles. The number of rotatable bonds is 2. The summed E-state index contributed by atoms with van der Waals surface area (Å²) in [5.74, 6) is 0. The van der Waals surface area contributed by atoms with Gasteiger partial charge in [0.05, 0.1) is 5.69 Å². The van der Waals surface area contributed by atoms with Gasteiger partial charge in [-0.2, -0.15) is 0 Å². The van der Waals surface area contributed by atoms with Crippen LogP contribution in [0, 0.1) is 0 Å². The normalized spacial score (nSPS) is 8.10. The Kier molecular flexibility index (Phi) is 5.52. The number of nitrogens with zero attached hydrogens (tertiary/aromatic N) is 1. The largest absolute Gasteiger partial charge is 0.286 e. The van der Waals surface area contributed by atoms with Gasteiger partial charge in [-0.1, -0.05) is 18.2 Å². The molecular weight excluding hydrogens is 232 g/mol. The Hall–Kier alpha value is -0.162. The molecule has 0 fully saturated rings. The van der Waals surface area contributed by atoms with E-state index in [1.165, 1.54) is 0 Å². The molecule has 0 spiro atoms. The Balaban J connectivity index is 0.000000810. The molecule has 0 aromatic heterocycles. The minimum Gasteiger partial charge on any atom is -0.286 e. The van der Waals surface area contributed by atoms with Crippen LogP contribution in [0.25, 0.3) is 0 Å². The zero-order chi connectivity index (χ0) is 6.53. The maximum Gasteiger partial charge on any atom is 0.0574 e. The van der Waals surface area contributed by atoms with Crippen LogP contribution >= 0.6 is 0 Å². The molecule has 1 nitrogen and oxygen atoms in total. The number of hydrogen-bond acceptors (Lipinski definition) is 0. The van der Waals surface area contributed by atoms with Crippen molar-refractivity contribution in [1.82, 2.24) is 5.32 Å². The summed E-state index contributed by atoms with van der Waals surface area (Å²) in [6, 6.07) is 9.99. The second-order valence-corrected chi connectivity index (χ2v) is 1.81. The fraction of sp³-hybridized carbons (Fsp3) is 0.250. The van der Waals surface area contributed by atoms with Gasteiger partial charge in [0.2, 0.25) is 0 Å². The van der Waals surface area contributed by atoms with Gasteiger partial charge in [-0.3, -0.25) is 5.32 Å². The van der Waals surface area contributed by atoms with Crippen molar-refractivity contribution in [2.75, 3.05) is 6.54 Å². The van der Waals surface area contributed by atoms with Crippen LogP contribution in [0.15, 0.2) is 30.3 Å². The molecule has 52 valence electrons. The summed E-state index contributed by atoms with van der Waals surface area (Å²) in [6.45, 7) is 2.90.